The highest BCUT2D eigenvalue weighted by Crippen LogP contribution is 2.34. The van der Waals surface area contributed by atoms with E-state index >= 15 is 0 Å². The molecule has 11 nitrogen and oxygen atoms in total. The largest absolute Gasteiger partial charge is 0.394 e. The van der Waals surface area contributed by atoms with Gasteiger partial charge in [0, 0.05) is 13.1 Å². The molecule has 8 N–H and O–H groups in total. The number of aliphatic hydroxyl groups is 5. The second kappa shape index (κ2) is 12.7. The summed E-state index contributed by atoms with van der Waals surface area (Å²) < 4.78 is 0.610. The first-order valence-corrected chi connectivity index (χ1v) is 10.8. The summed E-state index contributed by atoms with van der Waals surface area (Å²) in [4.78, 5) is 37.2. The molecule has 0 spiro atoms. The van der Waals surface area contributed by atoms with Crippen LogP contribution in [0.2, 0.25) is 0 Å². The fourth-order valence-corrected chi connectivity index (χ4v) is 4.98. The van der Waals surface area contributed by atoms with E-state index in [9.17, 15) is 24.6 Å². The third-order valence-corrected chi connectivity index (χ3v) is 6.07. The SMILES string of the molecule is Cc1c(C(=O)NCC(O)CO)c(I)c(NC(=O)CO)c(I)c1C(=O)NC[C@@H](O)CO. The third-order valence-electron chi connectivity index (χ3n) is 3.91. The molecule has 0 heterocycles. The normalized spacial score (nSPS) is 12.8. The van der Waals surface area contributed by atoms with Crippen molar-refractivity contribution in [2.45, 2.75) is 19.1 Å². The van der Waals surface area contributed by atoms with Gasteiger partial charge in [-0.05, 0) is 57.7 Å². The van der Waals surface area contributed by atoms with E-state index in [4.69, 9.17) is 15.3 Å². The van der Waals surface area contributed by atoms with Crippen molar-refractivity contribution in [1.29, 1.82) is 0 Å². The number of rotatable bonds is 10. The number of amides is 3. The molecule has 0 radical (unpaired) electrons. The molecule has 0 aliphatic rings. The summed E-state index contributed by atoms with van der Waals surface area (Å²) in [5, 5.41) is 53.2. The molecule has 3 amide bonds. The van der Waals surface area contributed by atoms with Crippen molar-refractivity contribution in [3.8, 4) is 0 Å². The van der Waals surface area contributed by atoms with Gasteiger partial charge in [-0.15, -0.1) is 0 Å². The monoisotopic (exact) mass is 651 g/mol. The lowest BCUT2D eigenvalue weighted by Gasteiger charge is -2.21. The Morgan fingerprint density at radius 2 is 1.27 bits per heavy atom. The van der Waals surface area contributed by atoms with Gasteiger partial charge in [-0.3, -0.25) is 14.4 Å². The minimum atomic E-state index is -1.17. The van der Waals surface area contributed by atoms with Gasteiger partial charge in [0.2, 0.25) is 5.91 Å². The lowest BCUT2D eigenvalue weighted by molar-refractivity contribution is -0.118. The van der Waals surface area contributed by atoms with Crippen LogP contribution in [0.1, 0.15) is 26.3 Å². The molecule has 0 saturated heterocycles. The lowest BCUT2D eigenvalue weighted by Crippen LogP contribution is -2.37. The highest BCUT2D eigenvalue weighted by atomic mass is 127. The molecule has 2 atom stereocenters. The van der Waals surface area contributed by atoms with Crippen molar-refractivity contribution >= 4 is 68.6 Å². The molecule has 13 heteroatoms. The van der Waals surface area contributed by atoms with Gasteiger partial charge in [-0.25, -0.2) is 0 Å². The summed E-state index contributed by atoms with van der Waals surface area (Å²) in [6, 6.07) is 0. The topological polar surface area (TPSA) is 188 Å². The average Bonchev–Trinajstić information content (AvgIpc) is 2.72. The standard InChI is InChI=1S/C17H23I2N3O8/c1-7-11(16(29)20-2-8(26)4-23)13(18)15(22-10(28)6-25)14(19)12(7)17(30)21-3-9(27)5-24/h8-9,23-27H,2-6H2,1H3,(H,20,29)(H,21,30)(H,22,28)/t8-,9?/m1/s1. The minimum absolute atomic E-state index is 0.0576. The molecule has 1 unspecified atom stereocenters. The van der Waals surface area contributed by atoms with E-state index < -0.39 is 49.8 Å². The molecule has 0 saturated carbocycles. The van der Waals surface area contributed by atoms with Crippen LogP contribution in [-0.2, 0) is 4.79 Å². The third kappa shape index (κ3) is 6.96. The van der Waals surface area contributed by atoms with E-state index in [1.54, 1.807) is 0 Å². The van der Waals surface area contributed by atoms with Gasteiger partial charge in [0.15, 0.2) is 0 Å². The Bertz CT molecular complexity index is 753. The first kappa shape index (κ1) is 26.9. The van der Waals surface area contributed by atoms with Crippen LogP contribution < -0.4 is 16.0 Å². The smallest absolute Gasteiger partial charge is 0.252 e. The van der Waals surface area contributed by atoms with Crippen molar-refractivity contribution in [3.63, 3.8) is 0 Å². The van der Waals surface area contributed by atoms with Crippen molar-refractivity contribution < 1.29 is 39.9 Å². The zero-order chi connectivity index (χ0) is 23.0. The summed E-state index contributed by atoms with van der Waals surface area (Å²) in [6.07, 6.45) is -2.35. The van der Waals surface area contributed by atoms with Crippen molar-refractivity contribution in [1.82, 2.24) is 10.6 Å². The summed E-state index contributed by atoms with van der Waals surface area (Å²) in [5.74, 6) is -2.05. The van der Waals surface area contributed by atoms with Crippen LogP contribution >= 0.6 is 45.2 Å². The molecule has 1 rings (SSSR count). The Balaban J connectivity index is 3.48. The van der Waals surface area contributed by atoms with Crippen LogP contribution in [0.3, 0.4) is 0 Å². The first-order chi connectivity index (χ1) is 14.1. The molecule has 1 aromatic rings. The van der Waals surface area contributed by atoms with Gasteiger partial charge in [0.05, 0.1) is 49.4 Å². The Hall–Kier alpha value is -1.11. The summed E-state index contributed by atoms with van der Waals surface area (Å²) in [5.41, 5.74) is 0.531. The van der Waals surface area contributed by atoms with Crippen LogP contribution in [0, 0.1) is 14.1 Å². The van der Waals surface area contributed by atoms with Crippen molar-refractivity contribution in [3.05, 3.63) is 23.8 Å². The molecule has 168 valence electrons. The van der Waals surface area contributed by atoms with Crippen LogP contribution in [0.15, 0.2) is 0 Å². The lowest BCUT2D eigenvalue weighted by atomic mass is 9.99. The zero-order valence-electron chi connectivity index (χ0n) is 15.9. The van der Waals surface area contributed by atoms with E-state index in [1.165, 1.54) is 6.92 Å². The van der Waals surface area contributed by atoms with E-state index in [2.05, 4.69) is 16.0 Å². The van der Waals surface area contributed by atoms with Gasteiger partial charge in [-0.2, -0.15) is 0 Å². The molecule has 0 aliphatic heterocycles. The van der Waals surface area contributed by atoms with Gasteiger partial charge >= 0.3 is 0 Å². The second-order valence-electron chi connectivity index (χ2n) is 6.18. The number of carbonyl (C=O) groups is 3. The van der Waals surface area contributed by atoms with Gasteiger partial charge in [-0.1, -0.05) is 0 Å². The predicted molar refractivity (Wildman–Crippen MR) is 123 cm³/mol. The number of hydrogen-bond donors (Lipinski definition) is 8. The number of hydrogen-bond acceptors (Lipinski definition) is 8. The second-order valence-corrected chi connectivity index (χ2v) is 8.33. The Morgan fingerprint density at radius 3 is 1.60 bits per heavy atom. The minimum Gasteiger partial charge on any atom is -0.394 e. The predicted octanol–water partition coefficient (Wildman–Crippen LogP) is -1.70. The molecule has 0 aliphatic carbocycles. The Kier molecular flexibility index (Phi) is 11.4. The molecular weight excluding hydrogens is 628 g/mol. The molecule has 0 aromatic heterocycles. The van der Waals surface area contributed by atoms with E-state index in [-0.39, 0.29) is 35.5 Å². The van der Waals surface area contributed by atoms with Crippen molar-refractivity contribution in [2.24, 2.45) is 0 Å². The molecular formula is C17H23I2N3O8. The van der Waals surface area contributed by atoms with E-state index in [0.29, 0.717) is 7.14 Å². The average molecular weight is 651 g/mol. The van der Waals surface area contributed by atoms with Crippen LogP contribution in [-0.4, -0.2) is 88.4 Å². The van der Waals surface area contributed by atoms with E-state index in [1.807, 2.05) is 45.2 Å². The fourth-order valence-electron chi connectivity index (χ4n) is 2.36. The van der Waals surface area contributed by atoms with E-state index in [0.717, 1.165) is 0 Å². The maximum absolute atomic E-state index is 12.7. The molecule has 30 heavy (non-hydrogen) atoms. The van der Waals surface area contributed by atoms with Crippen LogP contribution in [0.4, 0.5) is 5.69 Å². The fraction of sp³-hybridized carbons (Fsp3) is 0.471. The molecule has 0 fully saturated rings. The van der Waals surface area contributed by atoms with Crippen LogP contribution in [0.5, 0.6) is 0 Å². The number of benzene rings is 1. The van der Waals surface area contributed by atoms with Gasteiger partial charge in [0.25, 0.3) is 11.8 Å². The highest BCUT2D eigenvalue weighted by Gasteiger charge is 2.28. The number of anilines is 1. The quantitative estimate of drug-likeness (QED) is 0.138. The maximum atomic E-state index is 12.7. The van der Waals surface area contributed by atoms with Crippen molar-refractivity contribution in [2.75, 3.05) is 38.2 Å². The Labute approximate surface area is 199 Å². The first-order valence-electron chi connectivity index (χ1n) is 8.65. The van der Waals surface area contributed by atoms with Gasteiger partial charge < -0.3 is 41.5 Å². The summed E-state index contributed by atoms with van der Waals surface area (Å²) in [7, 11) is 0. The summed E-state index contributed by atoms with van der Waals surface area (Å²) >= 11 is 3.65. The summed E-state index contributed by atoms with van der Waals surface area (Å²) in [6.45, 7) is -0.868. The number of carbonyl (C=O) groups excluding carboxylic acids is 3. The highest BCUT2D eigenvalue weighted by molar-refractivity contribution is 14.1. The number of aliphatic hydroxyl groups excluding tert-OH is 5. The zero-order valence-corrected chi connectivity index (χ0v) is 20.2. The van der Waals surface area contributed by atoms with Gasteiger partial charge in [0.1, 0.15) is 6.61 Å². The maximum Gasteiger partial charge on any atom is 0.252 e. The Morgan fingerprint density at radius 1 is 0.867 bits per heavy atom. The van der Waals surface area contributed by atoms with Crippen LogP contribution in [0.25, 0.3) is 0 Å². The number of halogens is 2. The molecule has 1 aromatic carbocycles. The molecule has 0 bridgehead atoms. The number of nitrogens with one attached hydrogen (secondary N) is 3.